The van der Waals surface area contributed by atoms with Crippen molar-refractivity contribution < 1.29 is 14.0 Å². The third-order valence-electron chi connectivity index (χ3n) is 5.72. The third-order valence-corrected chi connectivity index (χ3v) is 5.72. The first-order chi connectivity index (χ1) is 14.6. The molecule has 4 nitrogen and oxygen atoms in total. The number of hydrogen-bond acceptors (Lipinski definition) is 2. The number of rotatable bonds is 4. The molecule has 3 aromatic carbocycles. The summed E-state index contributed by atoms with van der Waals surface area (Å²) in [7, 11) is 0. The molecule has 1 fully saturated rings. The molecule has 1 aromatic heterocycles. The number of halogens is 1. The number of hydrogen-bond donors (Lipinski definition) is 1. The summed E-state index contributed by atoms with van der Waals surface area (Å²) in [6.07, 6.45) is 1.97. The fourth-order valence-corrected chi connectivity index (χ4v) is 4.35. The van der Waals surface area contributed by atoms with E-state index < -0.39 is 11.8 Å². The second-order valence-corrected chi connectivity index (χ2v) is 7.58. The smallest absolute Gasteiger partial charge is 0.235 e. The number of nitrogens with zero attached hydrogens (tertiary/aromatic N) is 1. The van der Waals surface area contributed by atoms with E-state index >= 15 is 0 Å². The van der Waals surface area contributed by atoms with Gasteiger partial charge in [0.15, 0.2) is 0 Å². The molecule has 5 rings (SSSR count). The van der Waals surface area contributed by atoms with Gasteiger partial charge in [0, 0.05) is 23.6 Å². The fourth-order valence-electron chi connectivity index (χ4n) is 4.35. The Morgan fingerprint density at radius 3 is 2.23 bits per heavy atom. The molecule has 0 radical (unpaired) electrons. The standard InChI is InChI=1S/C25H19FN2O2/c26-18-12-10-17(11-13-18)22-23(25(30)27-24(22)29)20-15-28(14-16-6-2-1-3-7-16)21-9-5-4-8-19(20)21/h1-13,15,22-23H,14H2,(H,27,29,30)/t22-,23-/m0/s1. The number of imide groups is 1. The van der Waals surface area contributed by atoms with Crippen molar-refractivity contribution in [2.24, 2.45) is 0 Å². The summed E-state index contributed by atoms with van der Waals surface area (Å²) >= 11 is 0. The van der Waals surface area contributed by atoms with Crippen molar-refractivity contribution in [2.45, 2.75) is 18.4 Å². The van der Waals surface area contributed by atoms with Crippen molar-refractivity contribution in [2.75, 3.05) is 0 Å². The van der Waals surface area contributed by atoms with Gasteiger partial charge in [0.25, 0.3) is 0 Å². The molecule has 2 atom stereocenters. The molecule has 5 heteroatoms. The number of amides is 2. The summed E-state index contributed by atoms with van der Waals surface area (Å²) in [4.78, 5) is 25.5. The Balaban J connectivity index is 1.63. The van der Waals surface area contributed by atoms with Crippen LogP contribution in [0, 0.1) is 5.82 Å². The topological polar surface area (TPSA) is 51.1 Å². The van der Waals surface area contributed by atoms with E-state index in [1.165, 1.54) is 12.1 Å². The molecule has 2 heterocycles. The van der Waals surface area contributed by atoms with Crippen LogP contribution in [0.4, 0.5) is 4.39 Å². The number of fused-ring (bicyclic) bond motifs is 1. The van der Waals surface area contributed by atoms with E-state index in [2.05, 4.69) is 22.0 Å². The zero-order chi connectivity index (χ0) is 20.7. The molecule has 0 aliphatic carbocycles. The Labute approximate surface area is 173 Å². The largest absolute Gasteiger partial charge is 0.343 e. The molecule has 1 aliphatic rings. The number of aromatic nitrogens is 1. The zero-order valence-electron chi connectivity index (χ0n) is 16.1. The Bertz CT molecular complexity index is 1250. The van der Waals surface area contributed by atoms with E-state index in [9.17, 15) is 14.0 Å². The minimum atomic E-state index is -0.686. The van der Waals surface area contributed by atoms with Crippen molar-refractivity contribution in [1.82, 2.24) is 9.88 Å². The summed E-state index contributed by atoms with van der Waals surface area (Å²) < 4.78 is 15.5. The molecule has 1 N–H and O–H groups in total. The van der Waals surface area contributed by atoms with Gasteiger partial charge in [0.2, 0.25) is 11.8 Å². The van der Waals surface area contributed by atoms with Crippen molar-refractivity contribution in [3.05, 3.63) is 108 Å². The quantitative estimate of drug-likeness (QED) is 0.520. The van der Waals surface area contributed by atoms with Gasteiger partial charge in [0.1, 0.15) is 5.82 Å². The van der Waals surface area contributed by atoms with Crippen LogP contribution in [-0.4, -0.2) is 16.4 Å². The maximum absolute atomic E-state index is 13.4. The Morgan fingerprint density at radius 1 is 0.800 bits per heavy atom. The summed E-state index contributed by atoms with van der Waals surface area (Å²) in [5.74, 6) is -2.40. The second kappa shape index (κ2) is 7.26. The van der Waals surface area contributed by atoms with Crippen molar-refractivity contribution in [3.8, 4) is 0 Å². The monoisotopic (exact) mass is 398 g/mol. The van der Waals surface area contributed by atoms with Gasteiger partial charge < -0.3 is 4.57 Å². The molecular weight excluding hydrogens is 379 g/mol. The van der Waals surface area contributed by atoms with E-state index in [4.69, 9.17) is 0 Å². The SMILES string of the molecule is O=C1NC(=O)[C@@H](c2cn(Cc3ccccc3)c3ccccc23)[C@@H]1c1ccc(F)cc1. The third kappa shape index (κ3) is 3.08. The Kier molecular flexibility index (Phi) is 4.43. The summed E-state index contributed by atoms with van der Waals surface area (Å²) in [5, 5.41) is 3.41. The number of carbonyl (C=O) groups is 2. The first-order valence-corrected chi connectivity index (χ1v) is 9.83. The van der Waals surface area contributed by atoms with Crippen LogP contribution in [-0.2, 0) is 16.1 Å². The van der Waals surface area contributed by atoms with Crippen LogP contribution in [0.3, 0.4) is 0 Å². The highest BCUT2D eigenvalue weighted by Crippen LogP contribution is 2.41. The van der Waals surface area contributed by atoms with E-state index in [-0.39, 0.29) is 17.6 Å². The molecule has 4 aromatic rings. The van der Waals surface area contributed by atoms with Gasteiger partial charge in [-0.25, -0.2) is 4.39 Å². The molecule has 1 aliphatic heterocycles. The first-order valence-electron chi connectivity index (χ1n) is 9.83. The average Bonchev–Trinajstić information content (AvgIpc) is 3.26. The minimum Gasteiger partial charge on any atom is -0.343 e. The molecule has 0 spiro atoms. The zero-order valence-corrected chi connectivity index (χ0v) is 16.1. The number of benzene rings is 3. The van der Waals surface area contributed by atoms with E-state index in [0.717, 1.165) is 22.0 Å². The van der Waals surface area contributed by atoms with E-state index in [0.29, 0.717) is 12.1 Å². The van der Waals surface area contributed by atoms with Crippen LogP contribution in [0.5, 0.6) is 0 Å². The molecule has 0 saturated carbocycles. The maximum Gasteiger partial charge on any atom is 0.235 e. The highest BCUT2D eigenvalue weighted by atomic mass is 19.1. The molecule has 1 saturated heterocycles. The van der Waals surface area contributed by atoms with Crippen LogP contribution in [0.1, 0.15) is 28.5 Å². The predicted octanol–water partition coefficient (Wildman–Crippen LogP) is 4.35. The molecule has 30 heavy (non-hydrogen) atoms. The van der Waals surface area contributed by atoms with Crippen LogP contribution in [0.2, 0.25) is 0 Å². The average molecular weight is 398 g/mol. The number of para-hydroxylation sites is 1. The first kappa shape index (κ1) is 18.3. The van der Waals surface area contributed by atoms with Gasteiger partial charge in [0.05, 0.1) is 11.8 Å². The van der Waals surface area contributed by atoms with Crippen LogP contribution in [0.25, 0.3) is 10.9 Å². The fraction of sp³-hybridized carbons (Fsp3) is 0.120. The van der Waals surface area contributed by atoms with Gasteiger partial charge in [-0.3, -0.25) is 14.9 Å². The summed E-state index contributed by atoms with van der Waals surface area (Å²) in [6.45, 7) is 0.658. The lowest BCUT2D eigenvalue weighted by Crippen LogP contribution is -2.21. The Morgan fingerprint density at radius 2 is 1.47 bits per heavy atom. The molecule has 0 bridgehead atoms. The van der Waals surface area contributed by atoms with Crippen LogP contribution < -0.4 is 5.32 Å². The van der Waals surface area contributed by atoms with Gasteiger partial charge in [-0.05, 0) is 34.9 Å². The predicted molar refractivity (Wildman–Crippen MR) is 113 cm³/mol. The Hall–Kier alpha value is -3.73. The highest BCUT2D eigenvalue weighted by Gasteiger charge is 2.44. The van der Waals surface area contributed by atoms with E-state index in [1.54, 1.807) is 12.1 Å². The summed E-state index contributed by atoms with van der Waals surface area (Å²) in [5.41, 5.74) is 3.58. The maximum atomic E-state index is 13.4. The van der Waals surface area contributed by atoms with Gasteiger partial charge in [-0.2, -0.15) is 0 Å². The highest BCUT2D eigenvalue weighted by molar-refractivity contribution is 6.11. The minimum absolute atomic E-state index is 0.322. The normalized spacial score (nSPS) is 18.7. The lowest BCUT2D eigenvalue weighted by atomic mass is 9.83. The van der Waals surface area contributed by atoms with Crippen LogP contribution in [0.15, 0.2) is 85.1 Å². The molecule has 2 amide bonds. The van der Waals surface area contributed by atoms with Crippen molar-refractivity contribution in [3.63, 3.8) is 0 Å². The molecular formula is C25H19FN2O2. The second-order valence-electron chi connectivity index (χ2n) is 7.58. The lowest BCUT2D eigenvalue weighted by Gasteiger charge is -2.15. The van der Waals surface area contributed by atoms with Gasteiger partial charge >= 0.3 is 0 Å². The van der Waals surface area contributed by atoms with Gasteiger partial charge in [-0.15, -0.1) is 0 Å². The lowest BCUT2D eigenvalue weighted by molar-refractivity contribution is -0.125. The molecule has 148 valence electrons. The van der Waals surface area contributed by atoms with E-state index in [1.807, 2.05) is 48.7 Å². The van der Waals surface area contributed by atoms with Gasteiger partial charge in [-0.1, -0.05) is 60.7 Å². The molecule has 0 unspecified atom stereocenters. The summed E-state index contributed by atoms with van der Waals surface area (Å²) in [6, 6.07) is 23.8. The van der Waals surface area contributed by atoms with Crippen molar-refractivity contribution >= 4 is 22.7 Å². The van der Waals surface area contributed by atoms with Crippen LogP contribution >= 0.6 is 0 Å². The number of carbonyl (C=O) groups excluding carboxylic acids is 2. The van der Waals surface area contributed by atoms with Crippen molar-refractivity contribution in [1.29, 1.82) is 0 Å². The number of nitrogens with one attached hydrogen (secondary N) is 1.